The van der Waals surface area contributed by atoms with E-state index in [0.717, 1.165) is 17.7 Å². The number of nitrogens with one attached hydrogen (secondary N) is 1. The molecule has 0 aliphatic carbocycles. The number of rotatable bonds is 4. The van der Waals surface area contributed by atoms with E-state index in [9.17, 15) is 13.2 Å². The molecule has 1 N–H and O–H groups in total. The van der Waals surface area contributed by atoms with Gasteiger partial charge in [0.05, 0.1) is 22.5 Å². The molecule has 0 spiro atoms. The molecule has 0 saturated carbocycles. The summed E-state index contributed by atoms with van der Waals surface area (Å²) in [7, 11) is 1.20. The molecule has 4 nitrogen and oxygen atoms in total. The fourth-order valence-electron chi connectivity index (χ4n) is 2.25. The zero-order chi connectivity index (χ0) is 18.2. The molecular formula is C16H22BF3N2O2. The lowest BCUT2D eigenvalue weighted by Gasteiger charge is -2.32. The molecule has 132 valence electrons. The van der Waals surface area contributed by atoms with Gasteiger partial charge in [0.15, 0.2) is 0 Å². The van der Waals surface area contributed by atoms with Gasteiger partial charge in [-0.05, 0) is 58.4 Å². The zero-order valence-electron chi connectivity index (χ0n) is 14.5. The fraction of sp³-hybridized carbons (Fsp3) is 0.562. The molecule has 0 radical (unpaired) electrons. The summed E-state index contributed by atoms with van der Waals surface area (Å²) in [5.41, 5.74) is -0.562. The van der Waals surface area contributed by atoms with E-state index in [2.05, 4.69) is 10.3 Å². The van der Waals surface area contributed by atoms with Crippen molar-refractivity contribution in [2.75, 3.05) is 13.6 Å². The highest BCUT2D eigenvalue weighted by molar-refractivity contribution is 6.55. The van der Waals surface area contributed by atoms with Crippen LogP contribution in [0.2, 0.25) is 0 Å². The van der Waals surface area contributed by atoms with E-state index in [1.165, 1.54) is 6.07 Å². The molecule has 0 bridgehead atoms. The number of pyridine rings is 1. The van der Waals surface area contributed by atoms with Gasteiger partial charge in [-0.25, -0.2) is 0 Å². The van der Waals surface area contributed by atoms with Crippen LogP contribution in [0.5, 0.6) is 0 Å². The molecular weight excluding hydrogens is 320 g/mol. The average Bonchev–Trinajstić information content (AvgIpc) is 2.66. The lowest BCUT2D eigenvalue weighted by atomic mass is 9.77. The maximum absolute atomic E-state index is 12.6. The van der Waals surface area contributed by atoms with Gasteiger partial charge in [-0.15, -0.1) is 0 Å². The van der Waals surface area contributed by atoms with Crippen molar-refractivity contribution in [2.24, 2.45) is 0 Å². The van der Waals surface area contributed by atoms with Gasteiger partial charge in [0.2, 0.25) is 0 Å². The van der Waals surface area contributed by atoms with Gasteiger partial charge in [-0.3, -0.25) is 4.98 Å². The molecule has 1 aromatic rings. The van der Waals surface area contributed by atoms with Gasteiger partial charge in [0.1, 0.15) is 0 Å². The Kier molecular flexibility index (Phi) is 5.13. The van der Waals surface area contributed by atoms with E-state index in [1.807, 2.05) is 27.7 Å². The Labute approximate surface area is 140 Å². The topological polar surface area (TPSA) is 43.4 Å². The Morgan fingerprint density at radius 3 is 2.21 bits per heavy atom. The number of likely N-dealkylation sites (N-methyl/N-ethyl adjacent to an activating group) is 1. The number of aromatic nitrogens is 1. The van der Waals surface area contributed by atoms with E-state index in [-0.39, 0.29) is 0 Å². The van der Waals surface area contributed by atoms with Crippen LogP contribution >= 0.6 is 0 Å². The van der Waals surface area contributed by atoms with Crippen LogP contribution in [0.1, 0.15) is 39.0 Å². The largest absolute Gasteiger partial charge is 0.491 e. The molecule has 0 aromatic carbocycles. The standard InChI is InChI=1S/C16H22BF3N2O2/c1-14(2)15(3,4)24-17(23-14)12(10-21-5)8-13-7-6-11(9-22-13)16(18,19)20/h6-9,21H,10H2,1-5H3. The first-order valence-corrected chi connectivity index (χ1v) is 7.70. The van der Waals surface area contributed by atoms with Crippen LogP contribution < -0.4 is 5.32 Å². The normalized spacial score (nSPS) is 20.5. The second-order valence-electron chi connectivity index (χ2n) is 6.81. The molecule has 1 aliphatic heterocycles. The molecule has 8 heteroatoms. The summed E-state index contributed by atoms with van der Waals surface area (Å²) in [5.74, 6) is 0. The zero-order valence-corrected chi connectivity index (χ0v) is 14.5. The van der Waals surface area contributed by atoms with E-state index < -0.39 is 30.1 Å². The molecule has 0 amide bonds. The average molecular weight is 342 g/mol. The van der Waals surface area contributed by atoms with Crippen molar-refractivity contribution >= 4 is 13.2 Å². The quantitative estimate of drug-likeness (QED) is 0.853. The van der Waals surface area contributed by atoms with E-state index >= 15 is 0 Å². The van der Waals surface area contributed by atoms with Crippen molar-refractivity contribution in [3.63, 3.8) is 0 Å². The van der Waals surface area contributed by atoms with Crippen molar-refractivity contribution in [3.8, 4) is 0 Å². The van der Waals surface area contributed by atoms with Crippen LogP contribution in [-0.2, 0) is 15.5 Å². The summed E-state index contributed by atoms with van der Waals surface area (Å²) < 4.78 is 49.8. The fourth-order valence-corrected chi connectivity index (χ4v) is 2.25. The van der Waals surface area contributed by atoms with Crippen molar-refractivity contribution in [1.29, 1.82) is 0 Å². The molecule has 0 atom stereocenters. The highest BCUT2D eigenvalue weighted by Crippen LogP contribution is 2.38. The van der Waals surface area contributed by atoms with Crippen LogP contribution in [0.3, 0.4) is 0 Å². The number of hydrogen-bond donors (Lipinski definition) is 1. The van der Waals surface area contributed by atoms with Gasteiger partial charge in [-0.2, -0.15) is 13.2 Å². The first-order valence-electron chi connectivity index (χ1n) is 7.70. The Hall–Kier alpha value is -1.38. The Balaban J connectivity index is 2.26. The van der Waals surface area contributed by atoms with Gasteiger partial charge in [-0.1, -0.05) is 0 Å². The summed E-state index contributed by atoms with van der Waals surface area (Å²) in [6, 6.07) is 2.35. The first kappa shape index (κ1) is 19.0. The SMILES string of the molecule is CNCC(=Cc1ccc(C(F)(F)F)cn1)B1OC(C)(C)C(C)(C)O1. The minimum atomic E-state index is -4.39. The number of nitrogens with zero attached hydrogens (tertiary/aromatic N) is 1. The molecule has 1 aromatic heterocycles. The second-order valence-corrected chi connectivity index (χ2v) is 6.81. The van der Waals surface area contributed by atoms with Crippen molar-refractivity contribution < 1.29 is 22.5 Å². The van der Waals surface area contributed by atoms with Gasteiger partial charge in [0, 0.05) is 12.7 Å². The Morgan fingerprint density at radius 2 is 1.79 bits per heavy atom. The number of alkyl halides is 3. The molecule has 24 heavy (non-hydrogen) atoms. The van der Waals surface area contributed by atoms with Crippen molar-refractivity contribution in [1.82, 2.24) is 10.3 Å². The van der Waals surface area contributed by atoms with Gasteiger partial charge < -0.3 is 14.6 Å². The first-order chi connectivity index (χ1) is 11.0. The predicted molar refractivity (Wildman–Crippen MR) is 87.2 cm³/mol. The van der Waals surface area contributed by atoms with E-state index in [1.54, 1.807) is 13.1 Å². The van der Waals surface area contributed by atoms with Crippen molar-refractivity contribution in [3.05, 3.63) is 35.1 Å². The molecule has 0 unspecified atom stereocenters. The third-order valence-corrected chi connectivity index (χ3v) is 4.38. The summed E-state index contributed by atoms with van der Waals surface area (Å²) in [6.07, 6.45) is -1.87. The molecule has 1 saturated heterocycles. The summed E-state index contributed by atoms with van der Waals surface area (Å²) in [4.78, 5) is 3.88. The van der Waals surface area contributed by atoms with Gasteiger partial charge >= 0.3 is 13.3 Å². The number of halogens is 3. The minimum absolute atomic E-state index is 0.419. The van der Waals surface area contributed by atoms with Crippen LogP contribution in [0, 0.1) is 0 Å². The third kappa shape index (κ3) is 3.99. The lowest BCUT2D eigenvalue weighted by molar-refractivity contribution is -0.137. The molecule has 2 rings (SSSR count). The minimum Gasteiger partial charge on any atom is -0.400 e. The monoisotopic (exact) mass is 342 g/mol. The van der Waals surface area contributed by atoms with E-state index in [4.69, 9.17) is 9.31 Å². The van der Waals surface area contributed by atoms with Crippen LogP contribution in [0.4, 0.5) is 13.2 Å². The summed E-state index contributed by atoms with van der Waals surface area (Å²) >= 11 is 0. The highest BCUT2D eigenvalue weighted by Gasteiger charge is 2.52. The third-order valence-electron chi connectivity index (χ3n) is 4.38. The van der Waals surface area contributed by atoms with Gasteiger partial charge in [0.25, 0.3) is 0 Å². The second kappa shape index (κ2) is 6.50. The number of hydrogen-bond acceptors (Lipinski definition) is 4. The molecule has 1 aliphatic rings. The molecule has 2 heterocycles. The van der Waals surface area contributed by atoms with Crippen molar-refractivity contribution in [2.45, 2.75) is 45.1 Å². The predicted octanol–water partition coefficient (Wildman–Crippen LogP) is 3.33. The van der Waals surface area contributed by atoms with Crippen LogP contribution in [0.25, 0.3) is 6.08 Å². The highest BCUT2D eigenvalue weighted by atomic mass is 19.4. The van der Waals surface area contributed by atoms with Crippen LogP contribution in [0.15, 0.2) is 23.8 Å². The summed E-state index contributed by atoms with van der Waals surface area (Å²) in [5, 5.41) is 3.02. The Bertz CT molecular complexity index is 597. The maximum Gasteiger partial charge on any atom is 0.491 e. The summed E-state index contributed by atoms with van der Waals surface area (Å²) in [6.45, 7) is 8.25. The van der Waals surface area contributed by atoms with E-state index in [0.29, 0.717) is 12.2 Å². The molecule has 1 fully saturated rings. The van der Waals surface area contributed by atoms with Crippen LogP contribution in [-0.4, -0.2) is 36.9 Å². The maximum atomic E-state index is 12.6. The smallest absolute Gasteiger partial charge is 0.400 e. The Morgan fingerprint density at radius 1 is 1.21 bits per heavy atom. The lowest BCUT2D eigenvalue weighted by Crippen LogP contribution is -2.41.